The highest BCUT2D eigenvalue weighted by molar-refractivity contribution is 5.96. The van der Waals surface area contributed by atoms with E-state index in [2.05, 4.69) is 4.90 Å². The number of aliphatic hydroxyl groups is 1. The summed E-state index contributed by atoms with van der Waals surface area (Å²) in [5, 5.41) is 11.1. The van der Waals surface area contributed by atoms with Gasteiger partial charge in [0, 0.05) is 31.7 Å². The highest BCUT2D eigenvalue weighted by atomic mass is 19.1. The van der Waals surface area contributed by atoms with Gasteiger partial charge in [-0.15, -0.1) is 0 Å². The largest absolute Gasteiger partial charge is 0.387 e. The molecule has 2 aromatic carbocycles. The average Bonchev–Trinajstić information content (AvgIpc) is 3.39. The van der Waals surface area contributed by atoms with E-state index >= 15 is 0 Å². The van der Waals surface area contributed by atoms with Crippen molar-refractivity contribution < 1.29 is 14.3 Å². The van der Waals surface area contributed by atoms with Crippen molar-refractivity contribution in [3.05, 3.63) is 71.0 Å². The molecule has 2 heterocycles. The summed E-state index contributed by atoms with van der Waals surface area (Å²) in [6.45, 7) is 4.95. The topological polar surface area (TPSA) is 47.0 Å². The minimum Gasteiger partial charge on any atom is -0.387 e. The zero-order chi connectivity index (χ0) is 21.8. The lowest BCUT2D eigenvalue weighted by Gasteiger charge is -2.29. The fourth-order valence-electron chi connectivity index (χ4n) is 4.84. The molecule has 2 aliphatic rings. The summed E-state index contributed by atoms with van der Waals surface area (Å²) in [6, 6.07) is 14.3. The Morgan fingerprint density at radius 1 is 1.10 bits per heavy atom. The fraction of sp³-hybridized carbons (Fsp3) is 0.480. The fourth-order valence-corrected chi connectivity index (χ4v) is 4.84. The Morgan fingerprint density at radius 3 is 2.55 bits per heavy atom. The van der Waals surface area contributed by atoms with Crippen molar-refractivity contribution in [1.82, 2.24) is 14.7 Å². The molecular formula is C25H32FN3O2. The number of nitrogens with zero attached hydrogens (tertiary/aromatic N) is 3. The molecule has 1 N–H and O–H groups in total. The van der Waals surface area contributed by atoms with E-state index in [0.717, 1.165) is 36.3 Å². The summed E-state index contributed by atoms with van der Waals surface area (Å²) in [5.74, 6) is -0.244. The van der Waals surface area contributed by atoms with Crippen molar-refractivity contribution in [2.75, 3.05) is 39.8 Å². The molecule has 2 fully saturated rings. The Labute approximate surface area is 184 Å². The van der Waals surface area contributed by atoms with Gasteiger partial charge in [0.1, 0.15) is 5.82 Å². The summed E-state index contributed by atoms with van der Waals surface area (Å²) in [5.41, 5.74) is 1.87. The maximum absolute atomic E-state index is 13.3. The molecule has 2 saturated heterocycles. The second-order valence-corrected chi connectivity index (χ2v) is 9.14. The lowest BCUT2D eigenvalue weighted by atomic mass is 10.0. The number of rotatable bonds is 7. The molecule has 0 aromatic heterocycles. The molecule has 0 aliphatic carbocycles. The molecule has 0 radical (unpaired) electrons. The SMILES string of the molecule is CN(Cc1ccc(F)cc1)CC1(O)CCN(C(=O)c2ccccc2CN2CCCC2)C1. The second-order valence-electron chi connectivity index (χ2n) is 9.14. The van der Waals surface area contributed by atoms with Crippen LogP contribution in [0.2, 0.25) is 0 Å². The molecule has 1 atom stereocenters. The first-order chi connectivity index (χ1) is 14.9. The number of amides is 1. The Kier molecular flexibility index (Phi) is 6.70. The van der Waals surface area contributed by atoms with E-state index in [0.29, 0.717) is 32.6 Å². The van der Waals surface area contributed by atoms with Crippen molar-refractivity contribution >= 4 is 5.91 Å². The first-order valence-electron chi connectivity index (χ1n) is 11.2. The van der Waals surface area contributed by atoms with Gasteiger partial charge in [-0.2, -0.15) is 0 Å². The third kappa shape index (κ3) is 5.50. The molecule has 6 heteroatoms. The van der Waals surface area contributed by atoms with Gasteiger partial charge in [0.05, 0.1) is 12.1 Å². The van der Waals surface area contributed by atoms with Crippen LogP contribution in [-0.2, 0) is 13.1 Å². The minimum atomic E-state index is -0.936. The van der Waals surface area contributed by atoms with Crippen LogP contribution >= 0.6 is 0 Å². The van der Waals surface area contributed by atoms with Gasteiger partial charge >= 0.3 is 0 Å². The molecule has 1 amide bonds. The zero-order valence-corrected chi connectivity index (χ0v) is 18.3. The van der Waals surface area contributed by atoms with Gasteiger partial charge in [0.15, 0.2) is 0 Å². The number of likely N-dealkylation sites (N-methyl/N-ethyl adjacent to an activating group) is 1. The summed E-state index contributed by atoms with van der Waals surface area (Å²) in [6.07, 6.45) is 3.00. The third-order valence-corrected chi connectivity index (χ3v) is 6.39. The number of hydrogen-bond acceptors (Lipinski definition) is 4. The van der Waals surface area contributed by atoms with Gasteiger partial charge in [-0.3, -0.25) is 14.6 Å². The van der Waals surface area contributed by atoms with Crippen LogP contribution < -0.4 is 0 Å². The molecule has 2 aliphatic heterocycles. The lowest BCUT2D eigenvalue weighted by molar-refractivity contribution is 0.0163. The molecule has 5 nitrogen and oxygen atoms in total. The molecule has 0 saturated carbocycles. The number of hydrogen-bond donors (Lipinski definition) is 1. The van der Waals surface area contributed by atoms with Crippen molar-refractivity contribution in [3.8, 4) is 0 Å². The molecule has 0 spiro atoms. The van der Waals surface area contributed by atoms with E-state index in [1.807, 2.05) is 36.2 Å². The zero-order valence-electron chi connectivity index (χ0n) is 18.3. The van der Waals surface area contributed by atoms with Gasteiger partial charge in [-0.05, 0) is 68.7 Å². The Morgan fingerprint density at radius 2 is 1.81 bits per heavy atom. The number of halogens is 1. The smallest absolute Gasteiger partial charge is 0.254 e. The molecule has 166 valence electrons. The van der Waals surface area contributed by atoms with Crippen molar-refractivity contribution in [1.29, 1.82) is 0 Å². The lowest BCUT2D eigenvalue weighted by Crippen LogP contribution is -2.44. The third-order valence-electron chi connectivity index (χ3n) is 6.39. The van der Waals surface area contributed by atoms with E-state index in [4.69, 9.17) is 0 Å². The highest BCUT2D eigenvalue weighted by Gasteiger charge is 2.39. The summed E-state index contributed by atoms with van der Waals surface area (Å²) >= 11 is 0. The van der Waals surface area contributed by atoms with E-state index in [1.54, 1.807) is 17.0 Å². The standard InChI is InChI=1S/C25H32FN3O2/c1-27(16-20-8-10-22(26)11-9-20)18-25(31)12-15-29(19-25)24(30)23-7-3-2-6-21(23)17-28-13-4-5-14-28/h2-3,6-11,31H,4-5,12-19H2,1H3. The Bertz CT molecular complexity index is 898. The van der Waals surface area contributed by atoms with Gasteiger partial charge in [0.2, 0.25) is 0 Å². The second kappa shape index (κ2) is 9.47. The van der Waals surface area contributed by atoms with Crippen LogP contribution in [0.4, 0.5) is 4.39 Å². The molecule has 1 unspecified atom stereocenters. The molecule has 31 heavy (non-hydrogen) atoms. The minimum absolute atomic E-state index is 0.00640. The average molecular weight is 426 g/mol. The first-order valence-corrected chi connectivity index (χ1v) is 11.2. The maximum atomic E-state index is 13.3. The highest BCUT2D eigenvalue weighted by Crippen LogP contribution is 2.26. The van der Waals surface area contributed by atoms with E-state index in [1.165, 1.54) is 25.0 Å². The summed E-state index contributed by atoms with van der Waals surface area (Å²) < 4.78 is 13.1. The van der Waals surface area contributed by atoms with Crippen LogP contribution in [-0.4, -0.2) is 71.1 Å². The van der Waals surface area contributed by atoms with Crippen LogP contribution in [0.1, 0.15) is 40.7 Å². The van der Waals surface area contributed by atoms with Crippen molar-refractivity contribution in [3.63, 3.8) is 0 Å². The van der Waals surface area contributed by atoms with E-state index in [-0.39, 0.29) is 11.7 Å². The van der Waals surface area contributed by atoms with E-state index in [9.17, 15) is 14.3 Å². The Hall–Kier alpha value is -2.28. The quantitative estimate of drug-likeness (QED) is 0.741. The van der Waals surface area contributed by atoms with Crippen LogP contribution in [0.25, 0.3) is 0 Å². The van der Waals surface area contributed by atoms with Crippen LogP contribution in [0.5, 0.6) is 0 Å². The molecule has 2 aromatic rings. The normalized spacial score (nSPS) is 21.9. The maximum Gasteiger partial charge on any atom is 0.254 e. The van der Waals surface area contributed by atoms with Crippen molar-refractivity contribution in [2.24, 2.45) is 0 Å². The van der Waals surface area contributed by atoms with Gasteiger partial charge in [-0.25, -0.2) is 4.39 Å². The Balaban J connectivity index is 1.37. The van der Waals surface area contributed by atoms with Crippen LogP contribution in [0.15, 0.2) is 48.5 Å². The predicted octanol–water partition coefficient (Wildman–Crippen LogP) is 3.13. The summed E-state index contributed by atoms with van der Waals surface area (Å²) in [7, 11) is 1.94. The number of carbonyl (C=O) groups excluding carboxylic acids is 1. The first kappa shape index (κ1) is 21.9. The summed E-state index contributed by atoms with van der Waals surface area (Å²) in [4.78, 5) is 19.5. The molecular weight excluding hydrogens is 393 g/mol. The van der Waals surface area contributed by atoms with Gasteiger partial charge in [0.25, 0.3) is 5.91 Å². The van der Waals surface area contributed by atoms with Gasteiger partial charge < -0.3 is 10.0 Å². The number of likely N-dealkylation sites (tertiary alicyclic amines) is 2. The molecule has 4 rings (SSSR count). The van der Waals surface area contributed by atoms with Crippen molar-refractivity contribution in [2.45, 2.75) is 38.0 Å². The van der Waals surface area contributed by atoms with Crippen LogP contribution in [0.3, 0.4) is 0 Å². The van der Waals surface area contributed by atoms with Crippen LogP contribution in [0, 0.1) is 5.82 Å². The molecule has 0 bridgehead atoms. The number of β-amino-alcohol motifs (C(OH)–C–C–N with tert-alkyl or cyclic N) is 1. The monoisotopic (exact) mass is 425 g/mol. The van der Waals surface area contributed by atoms with E-state index < -0.39 is 5.60 Å². The predicted molar refractivity (Wildman–Crippen MR) is 119 cm³/mol. The number of carbonyl (C=O) groups is 1. The van der Waals surface area contributed by atoms with Gasteiger partial charge in [-0.1, -0.05) is 30.3 Å². The number of benzene rings is 2.